The molecule has 0 aliphatic carbocycles. The highest BCUT2D eigenvalue weighted by Gasteiger charge is 2.28. The minimum Gasteiger partial charge on any atom is -0.463 e. The van der Waals surface area contributed by atoms with Crippen LogP contribution in [0.25, 0.3) is 0 Å². The predicted molar refractivity (Wildman–Crippen MR) is 46.6 cm³/mol. The van der Waals surface area contributed by atoms with E-state index in [4.69, 9.17) is 5.26 Å². The SMILES string of the molecule is CCOC(=O)C=C1CC(C#N)C(=O)N1. The maximum atomic E-state index is 11.0. The number of amides is 1. The van der Waals surface area contributed by atoms with Crippen molar-refractivity contribution in [3.63, 3.8) is 0 Å². The molecule has 14 heavy (non-hydrogen) atoms. The van der Waals surface area contributed by atoms with E-state index in [0.29, 0.717) is 5.70 Å². The van der Waals surface area contributed by atoms with E-state index < -0.39 is 11.9 Å². The molecule has 0 saturated carbocycles. The minimum absolute atomic E-state index is 0.258. The monoisotopic (exact) mass is 194 g/mol. The van der Waals surface area contributed by atoms with Gasteiger partial charge in [-0.3, -0.25) is 4.79 Å². The van der Waals surface area contributed by atoms with Gasteiger partial charge in [0.2, 0.25) is 5.91 Å². The summed E-state index contributed by atoms with van der Waals surface area (Å²) in [5.74, 6) is -1.54. The van der Waals surface area contributed by atoms with Crippen LogP contribution in [-0.2, 0) is 14.3 Å². The number of esters is 1. The number of rotatable bonds is 2. The Morgan fingerprint density at radius 3 is 3.07 bits per heavy atom. The summed E-state index contributed by atoms with van der Waals surface area (Å²) in [4.78, 5) is 22.0. The highest BCUT2D eigenvalue weighted by molar-refractivity contribution is 5.89. The molecule has 0 spiro atoms. The first-order valence-electron chi connectivity index (χ1n) is 4.25. The summed E-state index contributed by atoms with van der Waals surface area (Å²) in [5, 5.41) is 11.0. The summed E-state index contributed by atoms with van der Waals surface area (Å²) in [7, 11) is 0. The van der Waals surface area contributed by atoms with E-state index in [2.05, 4.69) is 10.1 Å². The Morgan fingerprint density at radius 2 is 2.57 bits per heavy atom. The van der Waals surface area contributed by atoms with Crippen LogP contribution in [0.3, 0.4) is 0 Å². The number of nitriles is 1. The molecule has 0 aromatic heterocycles. The van der Waals surface area contributed by atoms with Crippen molar-refractivity contribution < 1.29 is 14.3 Å². The van der Waals surface area contributed by atoms with E-state index in [9.17, 15) is 9.59 Å². The number of nitrogens with zero attached hydrogens (tertiary/aromatic N) is 1. The van der Waals surface area contributed by atoms with E-state index >= 15 is 0 Å². The topological polar surface area (TPSA) is 79.2 Å². The molecule has 1 amide bonds. The van der Waals surface area contributed by atoms with Crippen LogP contribution in [-0.4, -0.2) is 18.5 Å². The molecule has 5 heteroatoms. The van der Waals surface area contributed by atoms with E-state index in [-0.39, 0.29) is 18.9 Å². The maximum absolute atomic E-state index is 11.0. The molecule has 1 atom stereocenters. The van der Waals surface area contributed by atoms with Crippen molar-refractivity contribution in [1.82, 2.24) is 5.32 Å². The maximum Gasteiger partial charge on any atom is 0.332 e. The van der Waals surface area contributed by atoms with E-state index in [1.165, 1.54) is 6.08 Å². The fourth-order valence-electron chi connectivity index (χ4n) is 1.13. The van der Waals surface area contributed by atoms with Gasteiger partial charge in [0.05, 0.1) is 12.7 Å². The first-order chi connectivity index (χ1) is 6.67. The van der Waals surface area contributed by atoms with E-state index in [1.807, 2.05) is 6.07 Å². The molecule has 1 aliphatic rings. The standard InChI is InChI=1S/C9H10N2O3/c1-2-14-8(12)4-7-3-6(5-10)9(13)11-7/h4,6H,2-3H2,1H3,(H,11,13). The zero-order valence-electron chi connectivity index (χ0n) is 7.74. The summed E-state index contributed by atoms with van der Waals surface area (Å²) in [6.07, 6.45) is 1.47. The van der Waals surface area contributed by atoms with Gasteiger partial charge >= 0.3 is 5.97 Å². The zero-order chi connectivity index (χ0) is 10.6. The Morgan fingerprint density at radius 1 is 1.86 bits per heavy atom. The Bertz CT molecular complexity index is 327. The summed E-state index contributed by atoms with van der Waals surface area (Å²) in [5.41, 5.74) is 0.444. The molecule has 1 saturated heterocycles. The summed E-state index contributed by atoms with van der Waals surface area (Å²) >= 11 is 0. The smallest absolute Gasteiger partial charge is 0.332 e. The molecule has 0 aromatic carbocycles. The average molecular weight is 194 g/mol. The van der Waals surface area contributed by atoms with Crippen molar-refractivity contribution in [2.75, 3.05) is 6.61 Å². The van der Waals surface area contributed by atoms with Crippen LogP contribution in [0.1, 0.15) is 13.3 Å². The van der Waals surface area contributed by atoms with Gasteiger partial charge in [-0.15, -0.1) is 0 Å². The third-order valence-corrected chi connectivity index (χ3v) is 1.76. The van der Waals surface area contributed by atoms with Gasteiger partial charge in [0.1, 0.15) is 5.92 Å². The zero-order valence-corrected chi connectivity index (χ0v) is 7.74. The Balaban J connectivity index is 2.61. The first kappa shape index (κ1) is 10.3. The number of allylic oxidation sites excluding steroid dienone is 1. The molecule has 5 nitrogen and oxygen atoms in total. The number of nitrogens with one attached hydrogen (secondary N) is 1. The molecule has 0 bridgehead atoms. The van der Waals surface area contributed by atoms with Gasteiger partial charge in [-0.1, -0.05) is 0 Å². The highest BCUT2D eigenvalue weighted by atomic mass is 16.5. The fourth-order valence-corrected chi connectivity index (χ4v) is 1.13. The number of hydrogen-bond acceptors (Lipinski definition) is 4. The Kier molecular flexibility index (Phi) is 3.24. The summed E-state index contributed by atoms with van der Waals surface area (Å²) in [6.45, 7) is 1.99. The summed E-state index contributed by atoms with van der Waals surface area (Å²) < 4.78 is 4.66. The molecule has 1 fully saturated rings. The van der Waals surface area contributed by atoms with Gasteiger partial charge in [0, 0.05) is 18.2 Å². The molecular formula is C9H10N2O3. The minimum atomic E-state index is -0.685. The van der Waals surface area contributed by atoms with Crippen LogP contribution in [0, 0.1) is 17.2 Å². The molecule has 1 unspecified atom stereocenters. The second-order valence-corrected chi connectivity index (χ2v) is 2.80. The van der Waals surface area contributed by atoms with Gasteiger partial charge in [0.25, 0.3) is 0 Å². The molecule has 1 rings (SSSR count). The predicted octanol–water partition coefficient (Wildman–Crippen LogP) is 0.0931. The van der Waals surface area contributed by atoms with Crippen molar-refractivity contribution in [1.29, 1.82) is 5.26 Å². The van der Waals surface area contributed by atoms with Crippen LogP contribution in [0.2, 0.25) is 0 Å². The van der Waals surface area contributed by atoms with Crippen LogP contribution >= 0.6 is 0 Å². The normalized spacial score (nSPS) is 23.0. The molecule has 0 radical (unpaired) electrons. The quantitative estimate of drug-likeness (QED) is 0.499. The van der Waals surface area contributed by atoms with Gasteiger partial charge in [0.15, 0.2) is 0 Å². The van der Waals surface area contributed by atoms with Crippen LogP contribution < -0.4 is 5.32 Å². The lowest BCUT2D eigenvalue weighted by Gasteiger charge is -1.97. The van der Waals surface area contributed by atoms with Gasteiger partial charge in [-0.2, -0.15) is 5.26 Å². The number of carbonyl (C=O) groups is 2. The average Bonchev–Trinajstić information content (AvgIpc) is 2.46. The third kappa shape index (κ3) is 2.33. The lowest BCUT2D eigenvalue weighted by atomic mass is 10.1. The lowest BCUT2D eigenvalue weighted by molar-refractivity contribution is -0.137. The highest BCUT2D eigenvalue weighted by Crippen LogP contribution is 2.17. The molecule has 1 N–H and O–H groups in total. The van der Waals surface area contributed by atoms with Crippen molar-refractivity contribution >= 4 is 11.9 Å². The van der Waals surface area contributed by atoms with Gasteiger partial charge in [-0.05, 0) is 6.92 Å². The van der Waals surface area contributed by atoms with Crippen molar-refractivity contribution in [3.05, 3.63) is 11.8 Å². The number of carbonyl (C=O) groups excluding carboxylic acids is 2. The molecule has 0 aromatic rings. The van der Waals surface area contributed by atoms with Crippen molar-refractivity contribution in [2.24, 2.45) is 5.92 Å². The lowest BCUT2D eigenvalue weighted by Crippen LogP contribution is -2.17. The Labute approximate surface area is 81.3 Å². The largest absolute Gasteiger partial charge is 0.463 e. The van der Waals surface area contributed by atoms with Gasteiger partial charge < -0.3 is 10.1 Å². The van der Waals surface area contributed by atoms with Crippen molar-refractivity contribution in [3.8, 4) is 6.07 Å². The van der Waals surface area contributed by atoms with E-state index in [0.717, 1.165) is 0 Å². The van der Waals surface area contributed by atoms with Crippen LogP contribution in [0.15, 0.2) is 11.8 Å². The molecule has 1 heterocycles. The molecule has 74 valence electrons. The second kappa shape index (κ2) is 4.42. The van der Waals surface area contributed by atoms with Crippen LogP contribution in [0.4, 0.5) is 0 Å². The van der Waals surface area contributed by atoms with Crippen LogP contribution in [0.5, 0.6) is 0 Å². The van der Waals surface area contributed by atoms with E-state index in [1.54, 1.807) is 6.92 Å². The Hall–Kier alpha value is -1.83. The van der Waals surface area contributed by atoms with Gasteiger partial charge in [-0.25, -0.2) is 4.79 Å². The first-order valence-corrected chi connectivity index (χ1v) is 4.25. The third-order valence-electron chi connectivity index (χ3n) is 1.76. The molecular weight excluding hydrogens is 184 g/mol. The second-order valence-electron chi connectivity index (χ2n) is 2.80. The number of hydrogen-bond donors (Lipinski definition) is 1. The molecule has 1 aliphatic heterocycles. The van der Waals surface area contributed by atoms with Crippen molar-refractivity contribution in [2.45, 2.75) is 13.3 Å². The number of ether oxygens (including phenoxy) is 1. The summed E-state index contributed by atoms with van der Waals surface area (Å²) in [6, 6.07) is 1.84. The fraction of sp³-hybridized carbons (Fsp3) is 0.444.